The molecular formula is C18H22N2O4. The first-order valence-corrected chi connectivity index (χ1v) is 8.03. The van der Waals surface area contributed by atoms with Crippen molar-refractivity contribution in [3.63, 3.8) is 0 Å². The van der Waals surface area contributed by atoms with Gasteiger partial charge in [-0.05, 0) is 38.3 Å². The molecule has 0 bridgehead atoms. The van der Waals surface area contributed by atoms with Crippen LogP contribution in [0.5, 0.6) is 0 Å². The van der Waals surface area contributed by atoms with Gasteiger partial charge in [-0.1, -0.05) is 18.2 Å². The highest BCUT2D eigenvalue weighted by Crippen LogP contribution is 2.33. The molecule has 2 heterocycles. The van der Waals surface area contributed by atoms with Gasteiger partial charge in [-0.25, -0.2) is 9.78 Å². The van der Waals surface area contributed by atoms with E-state index in [1.807, 2.05) is 39.0 Å². The van der Waals surface area contributed by atoms with E-state index in [4.69, 9.17) is 13.9 Å². The van der Waals surface area contributed by atoms with Crippen LogP contribution >= 0.6 is 0 Å². The van der Waals surface area contributed by atoms with E-state index in [0.717, 1.165) is 23.2 Å². The van der Waals surface area contributed by atoms with Crippen LogP contribution in [-0.4, -0.2) is 29.8 Å². The SMILES string of the molecule is CC(C)(C)OC(=O)NC[C@H]1OCCc2c(-c3cocn3)cccc21. The van der Waals surface area contributed by atoms with E-state index < -0.39 is 11.7 Å². The molecule has 24 heavy (non-hydrogen) atoms. The van der Waals surface area contributed by atoms with Crippen molar-refractivity contribution in [1.29, 1.82) is 0 Å². The summed E-state index contributed by atoms with van der Waals surface area (Å²) in [5.74, 6) is 0. The highest BCUT2D eigenvalue weighted by atomic mass is 16.6. The number of nitrogens with zero attached hydrogens (tertiary/aromatic N) is 1. The quantitative estimate of drug-likeness (QED) is 0.932. The summed E-state index contributed by atoms with van der Waals surface area (Å²) in [5, 5.41) is 2.78. The lowest BCUT2D eigenvalue weighted by atomic mass is 9.91. The van der Waals surface area contributed by atoms with E-state index in [1.54, 1.807) is 6.26 Å². The molecule has 128 valence electrons. The summed E-state index contributed by atoms with van der Waals surface area (Å²) >= 11 is 0. The molecule has 0 spiro atoms. The zero-order valence-electron chi connectivity index (χ0n) is 14.2. The highest BCUT2D eigenvalue weighted by molar-refractivity contribution is 5.68. The summed E-state index contributed by atoms with van der Waals surface area (Å²) < 4.78 is 16.2. The van der Waals surface area contributed by atoms with Crippen molar-refractivity contribution in [2.24, 2.45) is 0 Å². The van der Waals surface area contributed by atoms with Gasteiger partial charge in [0.05, 0.1) is 13.2 Å². The van der Waals surface area contributed by atoms with Gasteiger partial charge < -0.3 is 19.2 Å². The van der Waals surface area contributed by atoms with Gasteiger partial charge in [-0.15, -0.1) is 0 Å². The molecule has 0 saturated heterocycles. The van der Waals surface area contributed by atoms with Crippen molar-refractivity contribution in [3.8, 4) is 11.3 Å². The fourth-order valence-corrected chi connectivity index (χ4v) is 2.82. The van der Waals surface area contributed by atoms with Crippen LogP contribution in [0.2, 0.25) is 0 Å². The lowest BCUT2D eigenvalue weighted by Crippen LogP contribution is -2.36. The molecular weight excluding hydrogens is 308 g/mol. The van der Waals surface area contributed by atoms with E-state index in [2.05, 4.69) is 10.3 Å². The van der Waals surface area contributed by atoms with E-state index in [-0.39, 0.29) is 6.10 Å². The molecule has 0 saturated carbocycles. The Bertz CT molecular complexity index is 704. The van der Waals surface area contributed by atoms with Crippen LogP contribution in [-0.2, 0) is 15.9 Å². The summed E-state index contributed by atoms with van der Waals surface area (Å²) in [7, 11) is 0. The fraction of sp³-hybridized carbons (Fsp3) is 0.444. The summed E-state index contributed by atoms with van der Waals surface area (Å²) in [6.45, 7) is 6.47. The Morgan fingerprint density at radius 2 is 2.25 bits per heavy atom. The molecule has 2 aromatic rings. The smallest absolute Gasteiger partial charge is 0.407 e. The number of alkyl carbamates (subject to hydrolysis) is 1. The van der Waals surface area contributed by atoms with Crippen LogP contribution in [0, 0.1) is 0 Å². The number of benzene rings is 1. The zero-order chi connectivity index (χ0) is 17.2. The Balaban J connectivity index is 1.75. The van der Waals surface area contributed by atoms with Gasteiger partial charge >= 0.3 is 6.09 Å². The molecule has 0 unspecified atom stereocenters. The summed E-state index contributed by atoms with van der Waals surface area (Å²) in [6, 6.07) is 6.03. The highest BCUT2D eigenvalue weighted by Gasteiger charge is 2.25. The Kier molecular flexibility index (Phi) is 4.57. The summed E-state index contributed by atoms with van der Waals surface area (Å²) in [4.78, 5) is 16.1. The number of hydrogen-bond acceptors (Lipinski definition) is 5. The van der Waals surface area contributed by atoms with Crippen LogP contribution in [0.1, 0.15) is 38.0 Å². The van der Waals surface area contributed by atoms with E-state index in [1.165, 1.54) is 12.0 Å². The molecule has 1 aromatic carbocycles. The predicted octanol–water partition coefficient (Wildman–Crippen LogP) is 3.48. The molecule has 3 rings (SSSR count). The molecule has 1 amide bonds. The van der Waals surface area contributed by atoms with Crippen molar-refractivity contribution in [2.75, 3.05) is 13.2 Å². The van der Waals surface area contributed by atoms with E-state index in [0.29, 0.717) is 13.2 Å². The first-order chi connectivity index (χ1) is 11.4. The summed E-state index contributed by atoms with van der Waals surface area (Å²) in [6.07, 6.45) is 3.23. The number of nitrogens with one attached hydrogen (secondary N) is 1. The van der Waals surface area contributed by atoms with Crippen molar-refractivity contribution in [2.45, 2.75) is 38.9 Å². The molecule has 1 atom stereocenters. The third-order valence-electron chi connectivity index (χ3n) is 3.77. The number of oxazole rings is 1. The second-order valence-corrected chi connectivity index (χ2v) is 6.74. The number of aromatic nitrogens is 1. The van der Waals surface area contributed by atoms with Crippen LogP contribution < -0.4 is 5.32 Å². The predicted molar refractivity (Wildman–Crippen MR) is 88.6 cm³/mol. The van der Waals surface area contributed by atoms with Gasteiger partial charge in [0, 0.05) is 5.56 Å². The lowest BCUT2D eigenvalue weighted by molar-refractivity contribution is 0.0289. The third-order valence-corrected chi connectivity index (χ3v) is 3.77. The number of hydrogen-bond donors (Lipinski definition) is 1. The molecule has 6 nitrogen and oxygen atoms in total. The molecule has 0 radical (unpaired) electrons. The molecule has 0 aliphatic carbocycles. The minimum atomic E-state index is -0.518. The number of ether oxygens (including phenoxy) is 2. The normalized spacial score (nSPS) is 17.2. The zero-order valence-corrected chi connectivity index (χ0v) is 14.2. The minimum Gasteiger partial charge on any atom is -0.451 e. The van der Waals surface area contributed by atoms with Crippen LogP contribution in [0.4, 0.5) is 4.79 Å². The van der Waals surface area contributed by atoms with Crippen LogP contribution in [0.25, 0.3) is 11.3 Å². The van der Waals surface area contributed by atoms with Crippen LogP contribution in [0.15, 0.2) is 35.3 Å². The average Bonchev–Trinajstić information content (AvgIpc) is 3.05. The molecule has 6 heteroatoms. The lowest BCUT2D eigenvalue weighted by Gasteiger charge is -2.28. The Hall–Kier alpha value is -2.34. The monoisotopic (exact) mass is 330 g/mol. The molecule has 1 aliphatic heterocycles. The Morgan fingerprint density at radius 1 is 1.42 bits per heavy atom. The maximum atomic E-state index is 11.9. The van der Waals surface area contributed by atoms with E-state index >= 15 is 0 Å². The maximum Gasteiger partial charge on any atom is 0.407 e. The van der Waals surface area contributed by atoms with Gasteiger partial charge in [-0.3, -0.25) is 0 Å². The second kappa shape index (κ2) is 6.65. The second-order valence-electron chi connectivity index (χ2n) is 6.74. The van der Waals surface area contributed by atoms with Crippen molar-refractivity contribution in [3.05, 3.63) is 42.0 Å². The molecule has 1 aliphatic rings. The standard InChI is InChI=1S/C18H22N2O4/c1-18(2,3)24-17(21)19-9-16-14-6-4-5-13(12(14)7-8-23-16)15-10-22-11-20-15/h4-6,10-11,16H,7-9H2,1-3H3,(H,19,21)/t16-/m1/s1. The number of fused-ring (bicyclic) bond motifs is 1. The molecule has 1 aromatic heterocycles. The number of carbonyl (C=O) groups is 1. The largest absolute Gasteiger partial charge is 0.451 e. The first kappa shape index (κ1) is 16.5. The summed E-state index contributed by atoms with van der Waals surface area (Å²) in [5.41, 5.74) is 3.60. The third kappa shape index (κ3) is 3.76. The van der Waals surface area contributed by atoms with Gasteiger partial charge in [0.1, 0.15) is 23.7 Å². The number of rotatable bonds is 3. The maximum absolute atomic E-state index is 11.9. The van der Waals surface area contributed by atoms with Gasteiger partial charge in [0.15, 0.2) is 6.39 Å². The Labute approximate surface area is 141 Å². The average molecular weight is 330 g/mol. The minimum absolute atomic E-state index is 0.201. The fourth-order valence-electron chi connectivity index (χ4n) is 2.82. The number of carbonyl (C=O) groups excluding carboxylic acids is 1. The number of amides is 1. The topological polar surface area (TPSA) is 73.6 Å². The molecule has 1 N–H and O–H groups in total. The van der Waals surface area contributed by atoms with Crippen molar-refractivity contribution >= 4 is 6.09 Å². The molecule has 0 fully saturated rings. The van der Waals surface area contributed by atoms with Crippen molar-refractivity contribution < 1.29 is 18.7 Å². The van der Waals surface area contributed by atoms with Crippen molar-refractivity contribution in [1.82, 2.24) is 10.3 Å². The van der Waals surface area contributed by atoms with Crippen LogP contribution in [0.3, 0.4) is 0 Å². The van der Waals surface area contributed by atoms with Gasteiger partial charge in [0.2, 0.25) is 0 Å². The van der Waals surface area contributed by atoms with Gasteiger partial charge in [-0.2, -0.15) is 0 Å². The Morgan fingerprint density at radius 3 is 2.96 bits per heavy atom. The van der Waals surface area contributed by atoms with Gasteiger partial charge in [0.25, 0.3) is 0 Å². The first-order valence-electron chi connectivity index (χ1n) is 8.03. The van der Waals surface area contributed by atoms with E-state index in [9.17, 15) is 4.79 Å².